The minimum Gasteiger partial charge on any atom is -0.321 e. The lowest BCUT2D eigenvalue weighted by atomic mass is 9.99. The van der Waals surface area contributed by atoms with Crippen molar-refractivity contribution < 1.29 is 9.18 Å². The molecule has 0 bridgehead atoms. The molecule has 0 spiro atoms. The summed E-state index contributed by atoms with van der Waals surface area (Å²) in [5, 5.41) is 3.72. The van der Waals surface area contributed by atoms with Gasteiger partial charge in [0.05, 0.1) is 21.8 Å². The fraction of sp³-hybridized carbons (Fsp3) is 0.158. The summed E-state index contributed by atoms with van der Waals surface area (Å²) in [6, 6.07) is 11.4. The Bertz CT molecular complexity index is 940. The number of hydrogen-bond acceptors (Lipinski definition) is 2. The number of rotatable bonds is 3. The Kier molecular flexibility index (Phi) is 4.49. The highest BCUT2D eigenvalue weighted by molar-refractivity contribution is 6.34. The van der Waals surface area contributed by atoms with Gasteiger partial charge in [-0.05, 0) is 43.2 Å². The van der Waals surface area contributed by atoms with Crippen molar-refractivity contribution in [1.29, 1.82) is 0 Å². The van der Waals surface area contributed by atoms with Gasteiger partial charge in [0.25, 0.3) is 5.91 Å². The number of nitrogens with one attached hydrogen (secondary N) is 1. The van der Waals surface area contributed by atoms with Crippen LogP contribution in [0.2, 0.25) is 5.02 Å². The van der Waals surface area contributed by atoms with Crippen molar-refractivity contribution in [2.45, 2.75) is 20.3 Å². The molecule has 1 aromatic heterocycles. The van der Waals surface area contributed by atoms with E-state index in [1.165, 1.54) is 18.2 Å². The highest BCUT2D eigenvalue weighted by atomic mass is 35.5. The van der Waals surface area contributed by atoms with E-state index in [9.17, 15) is 9.18 Å². The number of amides is 1. The number of hydrogen-bond donors (Lipinski definition) is 1. The molecule has 1 N–H and O–H groups in total. The monoisotopic (exact) mass is 342 g/mol. The van der Waals surface area contributed by atoms with E-state index in [1.54, 1.807) is 0 Å². The summed E-state index contributed by atoms with van der Waals surface area (Å²) >= 11 is 6.01. The van der Waals surface area contributed by atoms with Crippen LogP contribution in [0.3, 0.4) is 0 Å². The van der Waals surface area contributed by atoms with Crippen LogP contribution >= 0.6 is 11.6 Å². The Morgan fingerprint density at radius 3 is 2.71 bits per heavy atom. The standard InChI is InChI=1S/C19H16ClFN2O/c1-3-15-11(2)18(13-6-4-5-7-16(13)22-15)19(24)23-17-9-8-12(21)10-14(17)20/h4-10H,3H2,1-2H3,(H,23,24). The summed E-state index contributed by atoms with van der Waals surface area (Å²) in [5.41, 5.74) is 3.44. The summed E-state index contributed by atoms with van der Waals surface area (Å²) in [6.07, 6.45) is 0.730. The van der Waals surface area contributed by atoms with E-state index < -0.39 is 5.82 Å². The number of aromatic nitrogens is 1. The van der Waals surface area contributed by atoms with Crippen molar-refractivity contribution in [2.75, 3.05) is 5.32 Å². The maximum atomic E-state index is 13.2. The van der Waals surface area contributed by atoms with Crippen LogP contribution in [0.25, 0.3) is 10.9 Å². The predicted molar refractivity (Wildman–Crippen MR) is 95.2 cm³/mol. The molecule has 0 aliphatic carbocycles. The van der Waals surface area contributed by atoms with Gasteiger partial charge in [-0.15, -0.1) is 0 Å². The van der Waals surface area contributed by atoms with Crippen molar-refractivity contribution in [2.24, 2.45) is 0 Å². The van der Waals surface area contributed by atoms with Gasteiger partial charge in [-0.3, -0.25) is 9.78 Å². The molecule has 3 aromatic rings. The summed E-state index contributed by atoms with van der Waals surface area (Å²) in [6.45, 7) is 3.89. The molecular weight excluding hydrogens is 327 g/mol. The molecule has 3 nitrogen and oxygen atoms in total. The van der Waals surface area contributed by atoms with Gasteiger partial charge in [-0.2, -0.15) is 0 Å². The highest BCUT2D eigenvalue weighted by Gasteiger charge is 2.18. The number of para-hydroxylation sites is 1. The van der Waals surface area contributed by atoms with Crippen molar-refractivity contribution >= 4 is 34.1 Å². The van der Waals surface area contributed by atoms with Crippen LogP contribution in [0.4, 0.5) is 10.1 Å². The Hall–Kier alpha value is -2.46. The van der Waals surface area contributed by atoms with Gasteiger partial charge in [0.15, 0.2) is 0 Å². The van der Waals surface area contributed by atoms with Crippen LogP contribution < -0.4 is 5.32 Å². The third-order valence-corrected chi connectivity index (χ3v) is 4.29. The number of nitrogens with zero attached hydrogens (tertiary/aromatic N) is 1. The average molecular weight is 343 g/mol. The molecule has 24 heavy (non-hydrogen) atoms. The average Bonchev–Trinajstić information content (AvgIpc) is 2.56. The largest absolute Gasteiger partial charge is 0.321 e. The fourth-order valence-corrected chi connectivity index (χ4v) is 2.99. The third-order valence-electron chi connectivity index (χ3n) is 3.98. The Balaban J connectivity index is 2.10. The van der Waals surface area contributed by atoms with Gasteiger partial charge in [0.2, 0.25) is 0 Å². The first kappa shape index (κ1) is 16.4. The van der Waals surface area contributed by atoms with Gasteiger partial charge in [0.1, 0.15) is 5.82 Å². The van der Waals surface area contributed by atoms with E-state index in [0.29, 0.717) is 11.3 Å². The molecule has 0 aliphatic rings. The second-order valence-corrected chi connectivity index (χ2v) is 5.91. The first-order chi connectivity index (χ1) is 11.5. The normalized spacial score (nSPS) is 10.8. The molecule has 5 heteroatoms. The van der Waals surface area contributed by atoms with E-state index in [1.807, 2.05) is 38.1 Å². The minimum absolute atomic E-state index is 0.162. The van der Waals surface area contributed by atoms with Crippen LogP contribution in [0.1, 0.15) is 28.5 Å². The zero-order valence-corrected chi connectivity index (χ0v) is 14.1. The third kappa shape index (κ3) is 2.97. The lowest BCUT2D eigenvalue weighted by Crippen LogP contribution is -2.16. The zero-order chi connectivity index (χ0) is 17.3. The number of anilines is 1. The second kappa shape index (κ2) is 6.57. The number of carbonyl (C=O) groups excluding carboxylic acids is 1. The van der Waals surface area contributed by atoms with Crippen molar-refractivity contribution in [3.05, 3.63) is 70.1 Å². The van der Waals surface area contributed by atoms with Crippen molar-refractivity contribution in [3.8, 4) is 0 Å². The molecular formula is C19H16ClFN2O. The van der Waals surface area contributed by atoms with Crippen LogP contribution in [0, 0.1) is 12.7 Å². The maximum absolute atomic E-state index is 13.2. The SMILES string of the molecule is CCc1nc2ccccc2c(C(=O)Nc2ccc(F)cc2Cl)c1C. The van der Waals surface area contributed by atoms with E-state index >= 15 is 0 Å². The number of benzene rings is 2. The molecule has 0 saturated heterocycles. The summed E-state index contributed by atoms with van der Waals surface area (Å²) in [7, 11) is 0. The fourth-order valence-electron chi connectivity index (χ4n) is 2.77. The van der Waals surface area contributed by atoms with Gasteiger partial charge < -0.3 is 5.32 Å². The summed E-state index contributed by atoms with van der Waals surface area (Å²) < 4.78 is 13.2. The van der Waals surface area contributed by atoms with Gasteiger partial charge >= 0.3 is 0 Å². The number of pyridine rings is 1. The maximum Gasteiger partial charge on any atom is 0.256 e. The van der Waals surface area contributed by atoms with Gasteiger partial charge in [-0.1, -0.05) is 36.7 Å². The second-order valence-electron chi connectivity index (χ2n) is 5.51. The molecule has 3 rings (SSSR count). The Labute approximate surface area is 144 Å². The topological polar surface area (TPSA) is 42.0 Å². The van der Waals surface area contributed by atoms with Crippen LogP contribution in [0.5, 0.6) is 0 Å². The van der Waals surface area contributed by atoms with E-state index in [-0.39, 0.29) is 10.9 Å². The highest BCUT2D eigenvalue weighted by Crippen LogP contribution is 2.27. The first-order valence-electron chi connectivity index (χ1n) is 7.66. The molecule has 1 amide bonds. The molecule has 0 radical (unpaired) electrons. The molecule has 1 heterocycles. The van der Waals surface area contributed by atoms with E-state index in [2.05, 4.69) is 10.3 Å². The summed E-state index contributed by atoms with van der Waals surface area (Å²) in [5.74, 6) is -0.730. The molecule has 0 atom stereocenters. The zero-order valence-electron chi connectivity index (χ0n) is 13.4. The quantitative estimate of drug-likeness (QED) is 0.715. The van der Waals surface area contributed by atoms with Crippen LogP contribution in [0.15, 0.2) is 42.5 Å². The number of fused-ring (bicyclic) bond motifs is 1. The van der Waals surface area contributed by atoms with Gasteiger partial charge in [0, 0.05) is 11.1 Å². The van der Waals surface area contributed by atoms with Crippen molar-refractivity contribution in [1.82, 2.24) is 4.98 Å². The van der Waals surface area contributed by atoms with Gasteiger partial charge in [-0.25, -0.2) is 4.39 Å². The predicted octanol–water partition coefficient (Wildman–Crippen LogP) is 5.15. The first-order valence-corrected chi connectivity index (χ1v) is 8.03. The lowest BCUT2D eigenvalue weighted by molar-refractivity contribution is 0.102. The Morgan fingerprint density at radius 1 is 1.25 bits per heavy atom. The van der Waals surface area contributed by atoms with Crippen LogP contribution in [-0.4, -0.2) is 10.9 Å². The van der Waals surface area contributed by atoms with E-state index in [4.69, 9.17) is 11.6 Å². The molecule has 0 unspecified atom stereocenters. The molecule has 0 aliphatic heterocycles. The number of aryl methyl sites for hydroxylation is 1. The molecule has 122 valence electrons. The lowest BCUT2D eigenvalue weighted by Gasteiger charge is -2.14. The Morgan fingerprint density at radius 2 is 2.00 bits per heavy atom. The smallest absolute Gasteiger partial charge is 0.256 e. The minimum atomic E-state index is -0.447. The summed E-state index contributed by atoms with van der Waals surface area (Å²) in [4.78, 5) is 17.5. The van der Waals surface area contributed by atoms with E-state index in [0.717, 1.165) is 28.6 Å². The van der Waals surface area contributed by atoms with Crippen LogP contribution in [-0.2, 0) is 6.42 Å². The number of halogens is 2. The molecule has 0 saturated carbocycles. The number of carbonyl (C=O) groups is 1. The van der Waals surface area contributed by atoms with Crippen molar-refractivity contribution in [3.63, 3.8) is 0 Å². The molecule has 0 fully saturated rings. The molecule has 2 aromatic carbocycles.